The van der Waals surface area contributed by atoms with Gasteiger partial charge in [-0.05, 0) is 25.9 Å². The molecule has 2 heteroatoms. The normalized spacial score (nSPS) is 36.7. The van der Waals surface area contributed by atoms with E-state index in [4.69, 9.17) is 0 Å². The third-order valence-electron chi connectivity index (χ3n) is 2.20. The predicted molar refractivity (Wildman–Crippen MR) is 39.5 cm³/mol. The van der Waals surface area contributed by atoms with Crippen LogP contribution in [0.25, 0.3) is 0 Å². The highest BCUT2D eigenvalue weighted by Crippen LogP contribution is 2.09. The Hall–Kier alpha value is -0.0800. The monoisotopic (exact) mass is 128 g/mol. The van der Waals surface area contributed by atoms with Crippen molar-refractivity contribution in [2.45, 2.75) is 19.4 Å². The van der Waals surface area contributed by atoms with Crippen molar-refractivity contribution in [3.8, 4) is 0 Å². The van der Waals surface area contributed by atoms with Gasteiger partial charge in [-0.1, -0.05) is 6.92 Å². The zero-order valence-corrected chi connectivity index (χ0v) is 6.28. The molecule has 1 aliphatic heterocycles. The molecule has 2 atom stereocenters. The zero-order chi connectivity index (χ0) is 6.69. The van der Waals surface area contributed by atoms with Gasteiger partial charge >= 0.3 is 0 Å². The first-order valence-corrected chi connectivity index (χ1v) is 3.72. The molecule has 0 aliphatic carbocycles. The number of hydrogen-bond donors (Lipinski definition) is 2. The molecular weight excluding hydrogens is 112 g/mol. The minimum atomic E-state index is 0.693. The van der Waals surface area contributed by atoms with Crippen LogP contribution in [-0.2, 0) is 0 Å². The summed E-state index contributed by atoms with van der Waals surface area (Å²) >= 11 is 0. The highest BCUT2D eigenvalue weighted by atomic mass is 15.0. The van der Waals surface area contributed by atoms with Gasteiger partial charge < -0.3 is 10.6 Å². The standard InChI is InChI=1S/C7H16N2/c1-6-3-4-9-5-7(6)8-2/h6-9H,3-5H2,1-2H3/t6-,7+/m1/s1. The number of likely N-dealkylation sites (N-methyl/N-ethyl adjacent to an activating group) is 1. The van der Waals surface area contributed by atoms with Gasteiger partial charge in [-0.2, -0.15) is 0 Å². The molecule has 0 amide bonds. The van der Waals surface area contributed by atoms with Crippen LogP contribution in [0.15, 0.2) is 0 Å². The third kappa shape index (κ3) is 1.66. The molecule has 1 saturated heterocycles. The lowest BCUT2D eigenvalue weighted by molar-refractivity contribution is 0.311. The van der Waals surface area contributed by atoms with Crippen LogP contribution in [0, 0.1) is 5.92 Å². The maximum Gasteiger partial charge on any atom is 0.0215 e. The maximum absolute atomic E-state index is 3.35. The summed E-state index contributed by atoms with van der Waals surface area (Å²) in [5.74, 6) is 0.844. The second-order valence-corrected chi connectivity index (χ2v) is 2.87. The van der Waals surface area contributed by atoms with Gasteiger partial charge in [0.25, 0.3) is 0 Å². The van der Waals surface area contributed by atoms with Crippen molar-refractivity contribution in [2.24, 2.45) is 5.92 Å². The number of hydrogen-bond acceptors (Lipinski definition) is 2. The van der Waals surface area contributed by atoms with Crippen LogP contribution in [0.1, 0.15) is 13.3 Å². The van der Waals surface area contributed by atoms with Crippen LogP contribution in [0.2, 0.25) is 0 Å². The van der Waals surface area contributed by atoms with E-state index in [1.165, 1.54) is 13.0 Å². The molecule has 0 bridgehead atoms. The average molecular weight is 128 g/mol. The van der Waals surface area contributed by atoms with Crippen molar-refractivity contribution in [3.63, 3.8) is 0 Å². The van der Waals surface area contributed by atoms with Gasteiger partial charge in [0.15, 0.2) is 0 Å². The van der Waals surface area contributed by atoms with E-state index in [-0.39, 0.29) is 0 Å². The molecule has 9 heavy (non-hydrogen) atoms. The van der Waals surface area contributed by atoms with Crippen molar-refractivity contribution >= 4 is 0 Å². The Labute approximate surface area is 57.0 Å². The van der Waals surface area contributed by atoms with Crippen molar-refractivity contribution in [3.05, 3.63) is 0 Å². The molecule has 0 spiro atoms. The summed E-state index contributed by atoms with van der Waals surface area (Å²) < 4.78 is 0. The van der Waals surface area contributed by atoms with E-state index in [2.05, 4.69) is 17.6 Å². The van der Waals surface area contributed by atoms with Crippen molar-refractivity contribution < 1.29 is 0 Å². The summed E-state index contributed by atoms with van der Waals surface area (Å²) in [4.78, 5) is 0. The minimum absolute atomic E-state index is 0.693. The highest BCUT2D eigenvalue weighted by Gasteiger charge is 2.17. The average Bonchev–Trinajstić information content (AvgIpc) is 1.89. The summed E-state index contributed by atoms with van der Waals surface area (Å²) in [7, 11) is 2.04. The molecule has 0 radical (unpaired) electrons. The van der Waals surface area contributed by atoms with E-state index in [0.29, 0.717) is 6.04 Å². The first kappa shape index (κ1) is 7.03. The second-order valence-electron chi connectivity index (χ2n) is 2.87. The lowest BCUT2D eigenvalue weighted by atomic mass is 9.95. The molecule has 1 heterocycles. The van der Waals surface area contributed by atoms with Gasteiger partial charge in [0.1, 0.15) is 0 Å². The molecule has 0 aromatic carbocycles. The van der Waals surface area contributed by atoms with Crippen LogP contribution < -0.4 is 10.6 Å². The predicted octanol–water partition coefficient (Wildman–Crippen LogP) is 0.204. The topological polar surface area (TPSA) is 24.1 Å². The Kier molecular flexibility index (Phi) is 2.49. The fourth-order valence-electron chi connectivity index (χ4n) is 1.38. The molecule has 2 N–H and O–H groups in total. The van der Waals surface area contributed by atoms with E-state index in [1.54, 1.807) is 0 Å². The quantitative estimate of drug-likeness (QED) is 0.527. The van der Waals surface area contributed by atoms with Gasteiger partial charge in [0.2, 0.25) is 0 Å². The molecule has 0 aromatic rings. The summed E-state index contributed by atoms with van der Waals surface area (Å²) in [5, 5.41) is 6.64. The Morgan fingerprint density at radius 2 is 2.33 bits per heavy atom. The van der Waals surface area contributed by atoms with Gasteiger partial charge in [-0.25, -0.2) is 0 Å². The van der Waals surface area contributed by atoms with Crippen molar-refractivity contribution in [1.29, 1.82) is 0 Å². The van der Waals surface area contributed by atoms with Crippen LogP contribution in [0.3, 0.4) is 0 Å². The lowest BCUT2D eigenvalue weighted by Gasteiger charge is -2.28. The fourth-order valence-corrected chi connectivity index (χ4v) is 1.38. The van der Waals surface area contributed by atoms with Crippen LogP contribution in [0.5, 0.6) is 0 Å². The van der Waals surface area contributed by atoms with Gasteiger partial charge in [-0.15, -0.1) is 0 Å². The Morgan fingerprint density at radius 1 is 1.56 bits per heavy atom. The largest absolute Gasteiger partial charge is 0.315 e. The SMILES string of the molecule is CN[C@H]1CNCC[C@H]1C. The van der Waals surface area contributed by atoms with Gasteiger partial charge in [-0.3, -0.25) is 0 Å². The molecule has 2 nitrogen and oxygen atoms in total. The molecule has 0 aromatic heterocycles. The fraction of sp³-hybridized carbons (Fsp3) is 1.00. The van der Waals surface area contributed by atoms with Crippen molar-refractivity contribution in [2.75, 3.05) is 20.1 Å². The Balaban J connectivity index is 2.30. The summed E-state index contributed by atoms with van der Waals surface area (Å²) in [6, 6.07) is 0.693. The third-order valence-corrected chi connectivity index (χ3v) is 2.20. The molecule has 1 rings (SSSR count). The van der Waals surface area contributed by atoms with Gasteiger partial charge in [0.05, 0.1) is 0 Å². The highest BCUT2D eigenvalue weighted by molar-refractivity contribution is 4.79. The Bertz CT molecular complexity index is 83.0. The first-order valence-electron chi connectivity index (χ1n) is 3.72. The van der Waals surface area contributed by atoms with Crippen LogP contribution >= 0.6 is 0 Å². The minimum Gasteiger partial charge on any atom is -0.315 e. The summed E-state index contributed by atoms with van der Waals surface area (Å²) in [6.07, 6.45) is 1.31. The second kappa shape index (κ2) is 3.18. The van der Waals surface area contributed by atoms with Crippen molar-refractivity contribution in [1.82, 2.24) is 10.6 Å². The zero-order valence-electron chi connectivity index (χ0n) is 6.28. The molecular formula is C7H16N2. The lowest BCUT2D eigenvalue weighted by Crippen LogP contribution is -2.46. The van der Waals surface area contributed by atoms with Crippen LogP contribution in [0.4, 0.5) is 0 Å². The Morgan fingerprint density at radius 3 is 2.78 bits per heavy atom. The number of rotatable bonds is 1. The molecule has 1 aliphatic rings. The molecule has 54 valence electrons. The van der Waals surface area contributed by atoms with E-state index in [0.717, 1.165) is 12.5 Å². The first-order chi connectivity index (χ1) is 4.34. The van der Waals surface area contributed by atoms with E-state index in [1.807, 2.05) is 7.05 Å². The summed E-state index contributed by atoms with van der Waals surface area (Å²) in [6.45, 7) is 4.64. The van der Waals surface area contributed by atoms with E-state index in [9.17, 15) is 0 Å². The number of nitrogens with one attached hydrogen (secondary N) is 2. The number of piperidine rings is 1. The van der Waals surface area contributed by atoms with Gasteiger partial charge in [0, 0.05) is 12.6 Å². The van der Waals surface area contributed by atoms with Crippen LogP contribution in [-0.4, -0.2) is 26.2 Å². The van der Waals surface area contributed by atoms with E-state index >= 15 is 0 Å². The molecule has 0 saturated carbocycles. The van der Waals surface area contributed by atoms with E-state index < -0.39 is 0 Å². The molecule has 1 fully saturated rings. The maximum atomic E-state index is 3.35. The molecule has 0 unspecified atom stereocenters. The smallest absolute Gasteiger partial charge is 0.0215 e. The summed E-state index contributed by atoms with van der Waals surface area (Å²) in [5.41, 5.74) is 0.